The Bertz CT molecular complexity index is 180. The van der Waals surface area contributed by atoms with Crippen molar-refractivity contribution in [2.24, 2.45) is 0 Å². The molecule has 3 heteroatoms. The Morgan fingerprint density at radius 3 is 1.14 bits per heavy atom. The molecule has 0 aromatic rings. The molecule has 0 fully saturated rings. The average Bonchev–Trinajstić information content (AvgIpc) is 2.51. The van der Waals surface area contributed by atoms with Gasteiger partial charge in [0.2, 0.25) is 0 Å². The summed E-state index contributed by atoms with van der Waals surface area (Å²) < 4.78 is 6.13. The lowest BCUT2D eigenvalue weighted by atomic mass is 10.2. The molecule has 0 N–H and O–H groups in total. The molecule has 21 heavy (non-hydrogen) atoms. The zero-order valence-corrected chi connectivity index (χ0v) is 17.2. The smallest absolute Gasteiger partial charge is 0.354 e. The van der Waals surface area contributed by atoms with Gasteiger partial charge in [0.05, 0.1) is 0 Å². The van der Waals surface area contributed by atoms with Gasteiger partial charge in [-0.15, -0.1) is 0 Å². The summed E-state index contributed by atoms with van der Waals surface area (Å²) in [5.74, 6) is 0. The Morgan fingerprint density at radius 2 is 0.905 bits per heavy atom. The van der Waals surface area contributed by atoms with Gasteiger partial charge in [0.25, 0.3) is 0 Å². The molecule has 0 heterocycles. The van der Waals surface area contributed by atoms with Crippen LogP contribution in [-0.2, 0) is 3.48 Å². The second-order valence-electron chi connectivity index (χ2n) is 6.73. The maximum absolute atomic E-state index is 6.13. The summed E-state index contributed by atoms with van der Waals surface area (Å²) in [4.78, 5) is 0. The first-order chi connectivity index (χ1) is 10.2. The highest BCUT2D eigenvalue weighted by Crippen LogP contribution is 2.30. The standard InChI is InChI=1S/C18H39OSi.Al/c1-4-7-10-13-16-20(19,17-14-11-8-5-2)18-15-12-9-6-3;/h4-18H2,1-3H3;/q-1;+1. The van der Waals surface area contributed by atoms with Crippen molar-refractivity contribution in [3.8, 4) is 0 Å². The summed E-state index contributed by atoms with van der Waals surface area (Å²) in [6.07, 6.45) is 16.6. The first-order valence-corrected chi connectivity index (χ1v) is 12.6. The molecule has 0 spiro atoms. The highest BCUT2D eigenvalue weighted by atomic mass is 28.4. The number of hydrogen-bond donors (Lipinski definition) is 0. The summed E-state index contributed by atoms with van der Waals surface area (Å²) in [5.41, 5.74) is 0. The first-order valence-electron chi connectivity index (χ1n) is 9.62. The summed E-state index contributed by atoms with van der Waals surface area (Å²) in [6.45, 7) is 6.89. The van der Waals surface area contributed by atoms with E-state index >= 15 is 0 Å². The van der Waals surface area contributed by atoms with Crippen molar-refractivity contribution in [3.63, 3.8) is 0 Å². The van der Waals surface area contributed by atoms with Crippen LogP contribution in [0.25, 0.3) is 0 Å². The van der Waals surface area contributed by atoms with Crippen molar-refractivity contribution in [1.82, 2.24) is 0 Å². The largest absolute Gasteiger partial charge is 0.558 e. The maximum atomic E-state index is 6.13. The van der Waals surface area contributed by atoms with Crippen LogP contribution in [0.1, 0.15) is 97.8 Å². The number of rotatable bonds is 16. The third-order valence-corrected chi connectivity index (χ3v) is 10.5. The van der Waals surface area contributed by atoms with Gasteiger partial charge in [0.1, 0.15) is 0 Å². The summed E-state index contributed by atoms with van der Waals surface area (Å²) in [7, 11) is -1.46. The molecule has 1 nitrogen and oxygen atoms in total. The molecule has 0 atom stereocenters. The summed E-state index contributed by atoms with van der Waals surface area (Å²) >= 11 is 2.65. The lowest BCUT2D eigenvalue weighted by Gasteiger charge is -2.32. The molecule has 0 saturated heterocycles. The molecule has 124 valence electrons. The minimum Gasteiger partial charge on any atom is -0.558 e. The second-order valence-corrected chi connectivity index (χ2v) is 11.5. The van der Waals surface area contributed by atoms with Crippen molar-refractivity contribution >= 4 is 24.9 Å². The fourth-order valence-electron chi connectivity index (χ4n) is 3.17. The third kappa shape index (κ3) is 11.9. The second kappa shape index (κ2) is 15.6. The average molecular weight is 327 g/mol. The number of hydrogen-bond acceptors (Lipinski definition) is 1. The molecular formula is C18H39AlOSi. The summed E-state index contributed by atoms with van der Waals surface area (Å²) in [6, 6.07) is 4.19. The van der Waals surface area contributed by atoms with E-state index in [-0.39, 0.29) is 0 Å². The quantitative estimate of drug-likeness (QED) is 0.224. The molecule has 0 aliphatic rings. The fourth-order valence-corrected chi connectivity index (χ4v) is 8.02. The van der Waals surface area contributed by atoms with Gasteiger partial charge in [0.15, 0.2) is 8.32 Å². The fraction of sp³-hybridized carbons (Fsp3) is 1.00. The van der Waals surface area contributed by atoms with E-state index in [9.17, 15) is 0 Å². The van der Waals surface area contributed by atoms with Crippen molar-refractivity contribution in [1.29, 1.82) is 0 Å². The lowest BCUT2D eigenvalue weighted by Crippen LogP contribution is -2.37. The molecule has 0 aliphatic heterocycles. The zero-order valence-electron chi connectivity index (χ0n) is 15.1. The van der Waals surface area contributed by atoms with E-state index in [1.807, 2.05) is 0 Å². The molecule has 0 saturated carbocycles. The van der Waals surface area contributed by atoms with Gasteiger partial charge in [-0.2, -0.15) is 0 Å². The topological polar surface area (TPSA) is 9.23 Å². The van der Waals surface area contributed by atoms with E-state index < -0.39 is 8.32 Å². The van der Waals surface area contributed by atoms with E-state index in [0.29, 0.717) is 0 Å². The number of unbranched alkanes of at least 4 members (excludes halogenated alkanes) is 9. The highest BCUT2D eigenvalue weighted by Gasteiger charge is 2.30. The van der Waals surface area contributed by atoms with Gasteiger partial charge in [-0.05, 0) is 18.1 Å². The molecule has 0 bridgehead atoms. The Balaban J connectivity index is 4.22. The van der Waals surface area contributed by atoms with Gasteiger partial charge < -0.3 is 3.48 Å². The van der Waals surface area contributed by atoms with Gasteiger partial charge in [-0.25, -0.2) is 0 Å². The molecule has 0 aliphatic carbocycles. The Hall–Kier alpha value is 0.709. The Morgan fingerprint density at radius 1 is 0.571 bits per heavy atom. The Labute approximate surface area is 144 Å². The van der Waals surface area contributed by atoms with Crippen LogP contribution in [0.15, 0.2) is 0 Å². The van der Waals surface area contributed by atoms with Crippen molar-refractivity contribution in [2.75, 3.05) is 0 Å². The Kier molecular flexibility index (Phi) is 16.1. The SMILES string of the molecule is CCCCCC[Si](CCCCCC)(CCCCCC)[O][Al]. The van der Waals surface area contributed by atoms with Crippen LogP contribution in [0.5, 0.6) is 0 Å². The minimum absolute atomic E-state index is 1.34. The minimum atomic E-state index is -1.46. The van der Waals surface area contributed by atoms with Crippen molar-refractivity contribution in [3.05, 3.63) is 0 Å². The highest BCUT2D eigenvalue weighted by molar-refractivity contribution is 6.76. The van der Waals surface area contributed by atoms with Gasteiger partial charge >= 0.3 is 16.6 Å². The zero-order chi connectivity index (χ0) is 15.8. The lowest BCUT2D eigenvalue weighted by molar-refractivity contribution is 0.540. The van der Waals surface area contributed by atoms with E-state index in [0.717, 1.165) is 0 Å². The van der Waals surface area contributed by atoms with E-state index in [1.54, 1.807) is 0 Å². The van der Waals surface area contributed by atoms with Crippen LogP contribution in [0, 0.1) is 0 Å². The van der Waals surface area contributed by atoms with Crippen LogP contribution in [0.4, 0.5) is 0 Å². The first kappa shape index (κ1) is 21.7. The molecule has 0 aromatic heterocycles. The summed E-state index contributed by atoms with van der Waals surface area (Å²) in [5, 5.41) is 0. The maximum Gasteiger partial charge on any atom is 0.354 e. The normalized spacial score (nSPS) is 12.0. The van der Waals surface area contributed by atoms with Crippen molar-refractivity contribution in [2.45, 2.75) is 116 Å². The third-order valence-electron chi connectivity index (χ3n) is 4.71. The molecule has 0 unspecified atom stereocenters. The van der Waals surface area contributed by atoms with Crippen LogP contribution in [0.2, 0.25) is 18.1 Å². The van der Waals surface area contributed by atoms with Crippen LogP contribution in [-0.4, -0.2) is 24.9 Å². The van der Waals surface area contributed by atoms with Crippen LogP contribution in [0.3, 0.4) is 0 Å². The van der Waals surface area contributed by atoms with E-state index in [2.05, 4.69) is 37.4 Å². The molecule has 0 rings (SSSR count). The van der Waals surface area contributed by atoms with Gasteiger partial charge in [0, 0.05) is 0 Å². The predicted molar refractivity (Wildman–Crippen MR) is 99.4 cm³/mol. The van der Waals surface area contributed by atoms with E-state index in [4.69, 9.17) is 3.48 Å². The molecule has 0 aromatic carbocycles. The van der Waals surface area contributed by atoms with Gasteiger partial charge in [-0.3, -0.25) is 0 Å². The van der Waals surface area contributed by atoms with Crippen LogP contribution >= 0.6 is 0 Å². The molecule has 0 amide bonds. The van der Waals surface area contributed by atoms with Crippen molar-refractivity contribution < 1.29 is 3.48 Å². The predicted octanol–water partition coefficient (Wildman–Crippen LogP) is 6.77. The molecular weight excluding hydrogens is 287 g/mol. The van der Waals surface area contributed by atoms with E-state index in [1.165, 1.54) is 95.2 Å². The molecule has 2 radical (unpaired) electrons. The van der Waals surface area contributed by atoms with Crippen LogP contribution < -0.4 is 0 Å². The monoisotopic (exact) mass is 326 g/mol. The van der Waals surface area contributed by atoms with Gasteiger partial charge in [-0.1, -0.05) is 97.8 Å².